The van der Waals surface area contributed by atoms with Crippen molar-refractivity contribution >= 4 is 66.7 Å². The number of benzene rings is 5. The van der Waals surface area contributed by atoms with Gasteiger partial charge in [0.1, 0.15) is 0 Å². The van der Waals surface area contributed by atoms with Crippen LogP contribution < -0.4 is 0 Å². The maximum atomic E-state index is 13.8. The van der Waals surface area contributed by atoms with Crippen LogP contribution in [0, 0.1) is 0 Å². The second-order valence-electron chi connectivity index (χ2n) is 13.2. The Bertz CT molecular complexity index is 1910. The Labute approximate surface area is 270 Å². The van der Waals surface area contributed by atoms with Gasteiger partial charge in [-0.15, -0.1) is 0 Å². The van der Waals surface area contributed by atoms with E-state index in [-0.39, 0.29) is 23.6 Å². The molecular weight excluding hydrogens is 572 g/mol. The number of carbonyl (C=O) groups is 4. The number of hydrogen-bond acceptors (Lipinski definition) is 4. The summed E-state index contributed by atoms with van der Waals surface area (Å²) in [5.41, 5.74) is 2.23. The fourth-order valence-electron chi connectivity index (χ4n) is 7.85. The normalized spacial score (nSPS) is 14.7. The van der Waals surface area contributed by atoms with Gasteiger partial charge in [-0.2, -0.15) is 0 Å². The van der Waals surface area contributed by atoms with E-state index in [1.165, 1.54) is 54.7 Å². The molecule has 5 aromatic carbocycles. The van der Waals surface area contributed by atoms with Gasteiger partial charge >= 0.3 is 0 Å². The van der Waals surface area contributed by atoms with Crippen LogP contribution in [0.25, 0.3) is 43.1 Å². The van der Waals surface area contributed by atoms with Crippen molar-refractivity contribution in [1.82, 2.24) is 9.80 Å². The number of imide groups is 2. The minimum atomic E-state index is -0.246. The second-order valence-corrected chi connectivity index (χ2v) is 13.2. The van der Waals surface area contributed by atoms with Crippen molar-refractivity contribution in [3.05, 3.63) is 70.8 Å². The molecule has 0 aromatic heterocycles. The molecule has 4 amide bonds. The lowest BCUT2D eigenvalue weighted by Crippen LogP contribution is -2.41. The van der Waals surface area contributed by atoms with Crippen molar-refractivity contribution in [1.29, 1.82) is 0 Å². The monoisotopic (exact) mass is 614 g/mol. The summed E-state index contributed by atoms with van der Waals surface area (Å²) in [5, 5.41) is 6.87. The molecule has 2 aliphatic heterocycles. The van der Waals surface area contributed by atoms with E-state index >= 15 is 0 Å². The Morgan fingerprint density at radius 3 is 1.02 bits per heavy atom. The second kappa shape index (κ2) is 12.5. The lowest BCUT2D eigenvalue weighted by molar-refractivity contribution is 0.0592. The lowest BCUT2D eigenvalue weighted by atomic mass is 9.82. The van der Waals surface area contributed by atoms with Gasteiger partial charge in [0.25, 0.3) is 23.6 Å². The van der Waals surface area contributed by atoms with Crippen molar-refractivity contribution in [2.75, 3.05) is 13.1 Å². The smallest absolute Gasteiger partial charge is 0.261 e. The predicted molar refractivity (Wildman–Crippen MR) is 185 cm³/mol. The molecule has 0 N–H and O–H groups in total. The fourth-order valence-corrected chi connectivity index (χ4v) is 7.85. The van der Waals surface area contributed by atoms with Gasteiger partial charge in [0.05, 0.1) is 0 Å². The molecule has 236 valence electrons. The molecule has 6 heteroatoms. The van der Waals surface area contributed by atoms with Gasteiger partial charge in [-0.05, 0) is 69.4 Å². The molecule has 0 atom stereocenters. The van der Waals surface area contributed by atoms with Gasteiger partial charge in [-0.3, -0.25) is 29.0 Å². The molecule has 0 bridgehead atoms. The number of nitrogens with zero attached hydrogens (tertiary/aromatic N) is 2. The first-order valence-corrected chi connectivity index (χ1v) is 17.4. The molecule has 5 aromatic rings. The van der Waals surface area contributed by atoms with Gasteiger partial charge in [0.2, 0.25) is 0 Å². The number of hydrogen-bond donors (Lipinski definition) is 0. The molecule has 0 spiro atoms. The summed E-state index contributed by atoms with van der Waals surface area (Å²) in [7, 11) is 0. The molecule has 0 saturated carbocycles. The molecule has 2 aliphatic rings. The zero-order valence-corrected chi connectivity index (χ0v) is 27.0. The summed E-state index contributed by atoms with van der Waals surface area (Å²) in [6, 6.07) is 15.3. The van der Waals surface area contributed by atoms with E-state index in [0.29, 0.717) is 46.1 Å². The molecule has 0 fully saturated rings. The molecule has 0 radical (unpaired) electrons. The summed E-state index contributed by atoms with van der Waals surface area (Å²) in [5.74, 6) is -0.943. The van der Waals surface area contributed by atoms with Crippen LogP contribution in [0.2, 0.25) is 0 Å². The summed E-state index contributed by atoms with van der Waals surface area (Å²) in [6.45, 7) is 5.13. The van der Waals surface area contributed by atoms with Crippen LogP contribution in [0.4, 0.5) is 0 Å². The third kappa shape index (κ3) is 4.76. The first kappa shape index (κ1) is 30.3. The van der Waals surface area contributed by atoms with Crippen LogP contribution >= 0.6 is 0 Å². The van der Waals surface area contributed by atoms with Crippen molar-refractivity contribution in [2.24, 2.45) is 0 Å². The average molecular weight is 615 g/mol. The van der Waals surface area contributed by atoms with Gasteiger partial charge in [-0.25, -0.2) is 0 Å². The third-order valence-electron chi connectivity index (χ3n) is 10.3. The largest absolute Gasteiger partial charge is 0.274 e. The standard InChI is InChI=1S/C40H42N2O4/c1-3-5-7-8-9-10-11-12-13-14-24-42-39(45)31-21-17-27-25-15-19-29-35-30(38(44)41(37(29)43)23-6-4-2)20-16-26(33(25)35)28-18-22-32(40(42)46)36(31)34(27)28/h15-22H,3-14,23-24H2,1-2H3. The molecule has 2 heterocycles. The average Bonchev–Trinajstić information content (AvgIpc) is 3.07. The van der Waals surface area contributed by atoms with Gasteiger partial charge in [0, 0.05) is 46.1 Å². The van der Waals surface area contributed by atoms with E-state index in [2.05, 4.69) is 6.92 Å². The number of rotatable bonds is 14. The fraction of sp³-hybridized carbons (Fsp3) is 0.400. The van der Waals surface area contributed by atoms with Crippen molar-refractivity contribution in [3.63, 3.8) is 0 Å². The zero-order chi connectivity index (χ0) is 31.9. The Morgan fingerprint density at radius 1 is 0.370 bits per heavy atom. The Morgan fingerprint density at radius 2 is 0.674 bits per heavy atom. The van der Waals surface area contributed by atoms with E-state index in [9.17, 15) is 19.2 Å². The van der Waals surface area contributed by atoms with Gasteiger partial charge < -0.3 is 0 Å². The molecule has 0 unspecified atom stereocenters. The number of unbranched alkanes of at least 4 members (excludes halogenated alkanes) is 10. The molecule has 7 rings (SSSR count). The topological polar surface area (TPSA) is 74.8 Å². The van der Waals surface area contributed by atoms with E-state index < -0.39 is 0 Å². The van der Waals surface area contributed by atoms with Crippen molar-refractivity contribution in [3.8, 4) is 0 Å². The molecule has 0 saturated heterocycles. The van der Waals surface area contributed by atoms with Crippen LogP contribution in [0.1, 0.15) is 132 Å². The van der Waals surface area contributed by atoms with E-state index in [1.54, 1.807) is 0 Å². The Kier molecular flexibility index (Phi) is 8.22. The molecule has 6 nitrogen and oxygen atoms in total. The van der Waals surface area contributed by atoms with E-state index in [4.69, 9.17) is 0 Å². The highest BCUT2D eigenvalue weighted by molar-refractivity contribution is 6.41. The van der Waals surface area contributed by atoms with Crippen LogP contribution in [0.5, 0.6) is 0 Å². The highest BCUT2D eigenvalue weighted by Crippen LogP contribution is 2.46. The Hall–Kier alpha value is -4.32. The summed E-state index contributed by atoms with van der Waals surface area (Å²) in [6.07, 6.45) is 13.6. The van der Waals surface area contributed by atoms with Gasteiger partial charge in [-0.1, -0.05) is 102 Å². The third-order valence-corrected chi connectivity index (χ3v) is 10.3. The van der Waals surface area contributed by atoms with Crippen molar-refractivity contribution in [2.45, 2.75) is 90.9 Å². The number of fused-ring (bicyclic) bond motifs is 2. The first-order chi connectivity index (χ1) is 22.5. The van der Waals surface area contributed by atoms with Crippen LogP contribution in [-0.4, -0.2) is 46.5 Å². The Balaban J connectivity index is 1.21. The zero-order valence-electron chi connectivity index (χ0n) is 27.0. The molecule has 0 aliphatic carbocycles. The maximum absolute atomic E-state index is 13.8. The minimum absolute atomic E-state index is 0.225. The van der Waals surface area contributed by atoms with Gasteiger partial charge in [0.15, 0.2) is 0 Å². The lowest BCUT2D eigenvalue weighted by Gasteiger charge is -2.30. The quantitative estimate of drug-likeness (QED) is 0.0540. The highest BCUT2D eigenvalue weighted by atomic mass is 16.2. The summed E-state index contributed by atoms with van der Waals surface area (Å²) < 4.78 is 0. The van der Waals surface area contributed by atoms with Crippen LogP contribution in [-0.2, 0) is 0 Å². The van der Waals surface area contributed by atoms with E-state index in [1.807, 2.05) is 55.5 Å². The number of amides is 4. The van der Waals surface area contributed by atoms with Crippen molar-refractivity contribution < 1.29 is 19.2 Å². The molecular formula is C40H42N2O4. The minimum Gasteiger partial charge on any atom is -0.274 e. The first-order valence-electron chi connectivity index (χ1n) is 17.4. The highest BCUT2D eigenvalue weighted by Gasteiger charge is 2.36. The predicted octanol–water partition coefficient (Wildman–Crippen LogP) is 9.65. The maximum Gasteiger partial charge on any atom is 0.261 e. The number of carbonyl (C=O) groups excluding carboxylic acids is 4. The van der Waals surface area contributed by atoms with Crippen LogP contribution in [0.3, 0.4) is 0 Å². The SMILES string of the molecule is CCCCCCCCCCCCN1C(=O)c2ccc3c4ccc5c6c(ccc(c7ccc(c2c37)C1=O)c64)C(=O)N(CCCC)C5=O. The summed E-state index contributed by atoms with van der Waals surface area (Å²) >= 11 is 0. The van der Waals surface area contributed by atoms with Crippen LogP contribution in [0.15, 0.2) is 48.5 Å². The van der Waals surface area contributed by atoms with E-state index in [0.717, 1.165) is 64.4 Å². The summed E-state index contributed by atoms with van der Waals surface area (Å²) in [4.78, 5) is 57.5. The molecule has 46 heavy (non-hydrogen) atoms.